The molecule has 0 aliphatic heterocycles. The van der Waals surface area contributed by atoms with E-state index in [1.807, 2.05) is 18.5 Å². The van der Waals surface area contributed by atoms with E-state index in [2.05, 4.69) is 40.8 Å². The lowest BCUT2D eigenvalue weighted by Gasteiger charge is -2.12. The molecule has 0 saturated heterocycles. The first-order valence-corrected chi connectivity index (χ1v) is 7.60. The molecule has 0 aliphatic carbocycles. The highest BCUT2D eigenvalue weighted by atomic mass is 35.5. The van der Waals surface area contributed by atoms with Gasteiger partial charge in [-0.2, -0.15) is 0 Å². The second-order valence-corrected chi connectivity index (χ2v) is 5.33. The zero-order chi connectivity index (χ0) is 14.4. The maximum absolute atomic E-state index is 6.12. The average molecular weight is 292 g/mol. The molecule has 2 rings (SSSR count). The number of nitrogens with one attached hydrogen (secondary N) is 1. The van der Waals surface area contributed by atoms with Crippen molar-refractivity contribution in [3.63, 3.8) is 0 Å². The molecule has 0 spiro atoms. The Morgan fingerprint density at radius 2 is 2.10 bits per heavy atom. The van der Waals surface area contributed by atoms with E-state index in [0.29, 0.717) is 0 Å². The van der Waals surface area contributed by atoms with E-state index in [1.165, 1.54) is 11.1 Å². The summed E-state index contributed by atoms with van der Waals surface area (Å²) in [7, 11) is 0. The summed E-state index contributed by atoms with van der Waals surface area (Å²) in [5.41, 5.74) is 2.55. The summed E-state index contributed by atoms with van der Waals surface area (Å²) < 4.78 is 2.18. The summed E-state index contributed by atoms with van der Waals surface area (Å²) in [5.74, 6) is 1.10. The molecule has 1 heterocycles. The van der Waals surface area contributed by atoms with Crippen LogP contribution in [0.4, 0.5) is 0 Å². The largest absolute Gasteiger partial charge is 0.335 e. The van der Waals surface area contributed by atoms with Gasteiger partial charge in [-0.1, -0.05) is 24.6 Å². The Hall–Kier alpha value is -1.32. The van der Waals surface area contributed by atoms with Crippen molar-refractivity contribution in [2.24, 2.45) is 0 Å². The van der Waals surface area contributed by atoms with Gasteiger partial charge in [0.25, 0.3) is 0 Å². The van der Waals surface area contributed by atoms with Gasteiger partial charge in [0.05, 0.1) is 0 Å². The van der Waals surface area contributed by atoms with E-state index in [9.17, 15) is 0 Å². The van der Waals surface area contributed by atoms with Crippen LogP contribution in [0.25, 0.3) is 0 Å². The van der Waals surface area contributed by atoms with Gasteiger partial charge < -0.3 is 9.88 Å². The standard InChI is InChI=1S/C16H22ClN3/c1-3-7-18-12-14-10-15(17)6-5-13(14)11-16-19-8-9-20(16)4-2/h5-6,8-10,18H,3-4,7,11-12H2,1-2H3. The number of rotatable bonds is 7. The molecule has 3 nitrogen and oxygen atoms in total. The predicted octanol–water partition coefficient (Wildman–Crippen LogP) is 3.65. The number of hydrogen-bond acceptors (Lipinski definition) is 2. The number of nitrogens with zero attached hydrogens (tertiary/aromatic N) is 2. The molecule has 1 aromatic carbocycles. The fraction of sp³-hybridized carbons (Fsp3) is 0.438. The third-order valence-electron chi connectivity index (χ3n) is 3.40. The van der Waals surface area contributed by atoms with Gasteiger partial charge in [0.15, 0.2) is 0 Å². The van der Waals surface area contributed by atoms with Crippen LogP contribution in [-0.2, 0) is 19.5 Å². The Balaban J connectivity index is 2.17. The van der Waals surface area contributed by atoms with Gasteiger partial charge in [-0.3, -0.25) is 0 Å². The van der Waals surface area contributed by atoms with Crippen molar-refractivity contribution in [1.29, 1.82) is 0 Å². The van der Waals surface area contributed by atoms with Crippen LogP contribution in [0.3, 0.4) is 0 Å². The van der Waals surface area contributed by atoms with Crippen LogP contribution in [0.2, 0.25) is 5.02 Å². The van der Waals surface area contributed by atoms with Crippen LogP contribution in [-0.4, -0.2) is 16.1 Å². The van der Waals surface area contributed by atoms with Crippen molar-refractivity contribution >= 4 is 11.6 Å². The summed E-state index contributed by atoms with van der Waals surface area (Å²) in [4.78, 5) is 4.45. The number of hydrogen-bond donors (Lipinski definition) is 1. The Labute approximate surface area is 126 Å². The minimum Gasteiger partial charge on any atom is -0.335 e. The molecule has 0 unspecified atom stereocenters. The normalized spacial score (nSPS) is 10.9. The van der Waals surface area contributed by atoms with Crippen LogP contribution in [0.15, 0.2) is 30.6 Å². The molecule has 0 fully saturated rings. The fourth-order valence-corrected chi connectivity index (χ4v) is 2.49. The molecule has 4 heteroatoms. The SMILES string of the molecule is CCCNCc1cc(Cl)ccc1Cc1nccn1CC. The van der Waals surface area contributed by atoms with Gasteiger partial charge >= 0.3 is 0 Å². The Morgan fingerprint density at radius 1 is 1.25 bits per heavy atom. The zero-order valence-corrected chi connectivity index (χ0v) is 13.0. The lowest BCUT2D eigenvalue weighted by molar-refractivity contribution is 0.668. The summed E-state index contributed by atoms with van der Waals surface area (Å²) >= 11 is 6.12. The van der Waals surface area contributed by atoms with Crippen molar-refractivity contribution in [3.05, 3.63) is 52.6 Å². The molecule has 20 heavy (non-hydrogen) atoms. The second kappa shape index (κ2) is 7.46. The first-order chi connectivity index (χ1) is 9.74. The van der Waals surface area contributed by atoms with Gasteiger partial charge in [0.2, 0.25) is 0 Å². The van der Waals surface area contributed by atoms with Crippen molar-refractivity contribution in [2.75, 3.05) is 6.54 Å². The van der Waals surface area contributed by atoms with E-state index in [4.69, 9.17) is 11.6 Å². The number of benzene rings is 1. The predicted molar refractivity (Wildman–Crippen MR) is 84.2 cm³/mol. The minimum absolute atomic E-state index is 0.792. The highest BCUT2D eigenvalue weighted by Crippen LogP contribution is 2.19. The minimum atomic E-state index is 0.792. The quantitative estimate of drug-likeness (QED) is 0.789. The lowest BCUT2D eigenvalue weighted by atomic mass is 10.0. The van der Waals surface area contributed by atoms with Crippen LogP contribution in [0.1, 0.15) is 37.2 Å². The molecular formula is C16H22ClN3. The molecular weight excluding hydrogens is 270 g/mol. The molecule has 1 N–H and O–H groups in total. The monoisotopic (exact) mass is 291 g/mol. The molecule has 108 valence electrons. The van der Waals surface area contributed by atoms with Gasteiger partial charge in [-0.15, -0.1) is 0 Å². The highest BCUT2D eigenvalue weighted by Gasteiger charge is 2.08. The lowest BCUT2D eigenvalue weighted by Crippen LogP contribution is -2.15. The van der Waals surface area contributed by atoms with Crippen molar-refractivity contribution in [2.45, 2.75) is 39.8 Å². The van der Waals surface area contributed by atoms with E-state index in [0.717, 1.165) is 43.3 Å². The summed E-state index contributed by atoms with van der Waals surface area (Å²) in [6, 6.07) is 6.12. The van der Waals surface area contributed by atoms with E-state index >= 15 is 0 Å². The average Bonchev–Trinajstić information content (AvgIpc) is 2.89. The van der Waals surface area contributed by atoms with Gasteiger partial charge in [0, 0.05) is 36.9 Å². The summed E-state index contributed by atoms with van der Waals surface area (Å²) in [6.07, 6.45) is 5.88. The number of aryl methyl sites for hydroxylation is 1. The smallest absolute Gasteiger partial charge is 0.113 e. The van der Waals surface area contributed by atoms with E-state index in [1.54, 1.807) is 0 Å². The fourth-order valence-electron chi connectivity index (χ4n) is 2.30. The number of imidazole rings is 1. The maximum atomic E-state index is 6.12. The number of aromatic nitrogens is 2. The highest BCUT2D eigenvalue weighted by molar-refractivity contribution is 6.30. The molecule has 2 aromatic rings. The van der Waals surface area contributed by atoms with Gasteiger partial charge in [0.1, 0.15) is 5.82 Å². The van der Waals surface area contributed by atoms with Crippen LogP contribution < -0.4 is 5.32 Å². The molecule has 0 bridgehead atoms. The zero-order valence-electron chi connectivity index (χ0n) is 12.2. The molecule has 0 amide bonds. The van der Waals surface area contributed by atoms with E-state index in [-0.39, 0.29) is 0 Å². The van der Waals surface area contributed by atoms with Crippen molar-refractivity contribution in [3.8, 4) is 0 Å². The molecule has 0 saturated carbocycles. The second-order valence-electron chi connectivity index (χ2n) is 4.90. The molecule has 0 radical (unpaired) electrons. The third kappa shape index (κ3) is 3.84. The summed E-state index contributed by atoms with van der Waals surface area (Å²) in [6.45, 7) is 7.14. The first-order valence-electron chi connectivity index (χ1n) is 7.22. The topological polar surface area (TPSA) is 29.9 Å². The third-order valence-corrected chi connectivity index (χ3v) is 3.64. The van der Waals surface area contributed by atoms with Gasteiger partial charge in [-0.05, 0) is 43.1 Å². The Kier molecular flexibility index (Phi) is 5.62. The van der Waals surface area contributed by atoms with Crippen LogP contribution in [0, 0.1) is 0 Å². The Morgan fingerprint density at radius 3 is 2.85 bits per heavy atom. The van der Waals surface area contributed by atoms with Crippen LogP contribution >= 0.6 is 11.6 Å². The number of halogens is 1. The van der Waals surface area contributed by atoms with Crippen LogP contribution in [0.5, 0.6) is 0 Å². The van der Waals surface area contributed by atoms with Gasteiger partial charge in [-0.25, -0.2) is 4.98 Å². The molecule has 0 aliphatic rings. The molecule has 1 aromatic heterocycles. The van der Waals surface area contributed by atoms with E-state index < -0.39 is 0 Å². The first kappa shape index (κ1) is 15.1. The van der Waals surface area contributed by atoms with Crippen molar-refractivity contribution in [1.82, 2.24) is 14.9 Å². The summed E-state index contributed by atoms with van der Waals surface area (Å²) in [5, 5.41) is 4.23. The maximum Gasteiger partial charge on any atom is 0.113 e. The molecule has 0 atom stereocenters. The van der Waals surface area contributed by atoms with Crippen molar-refractivity contribution < 1.29 is 0 Å². The Bertz CT molecular complexity index is 548.